The van der Waals surface area contributed by atoms with Crippen LogP contribution in [0.25, 0.3) is 0 Å². The Morgan fingerprint density at radius 3 is 2.20 bits per heavy atom. The molecule has 1 aromatic carbocycles. The van der Waals surface area contributed by atoms with Crippen LogP contribution in [0, 0.1) is 11.6 Å². The molecule has 0 bridgehead atoms. The van der Waals surface area contributed by atoms with Crippen LogP contribution < -0.4 is 4.74 Å². The van der Waals surface area contributed by atoms with Gasteiger partial charge in [-0.15, -0.1) is 0 Å². The second kappa shape index (κ2) is 6.53. The zero-order valence-corrected chi connectivity index (χ0v) is 15.1. The molecule has 0 spiro atoms. The molecule has 2 nitrogen and oxygen atoms in total. The fraction of sp³-hybridized carbons (Fsp3) is 0.571. The molecule has 0 saturated heterocycles. The van der Waals surface area contributed by atoms with Crippen molar-refractivity contribution in [1.29, 1.82) is 0 Å². The standard InChI is InChI=1S/C14H21BrF2O2Si/c1-14(2,3)20(4,5)19-7-6-18-13-9-12(17)11(16)8-10(13)15/h8-9H,6-7H2,1-5H3. The Bertz CT molecular complexity index is 473. The molecular weight excluding hydrogens is 346 g/mol. The molecule has 0 unspecified atom stereocenters. The quantitative estimate of drug-likeness (QED) is 0.408. The first-order chi connectivity index (χ1) is 9.04. The highest BCUT2D eigenvalue weighted by atomic mass is 79.9. The zero-order chi connectivity index (χ0) is 15.6. The van der Waals surface area contributed by atoms with Gasteiger partial charge >= 0.3 is 0 Å². The lowest BCUT2D eigenvalue weighted by atomic mass is 10.2. The van der Waals surface area contributed by atoms with Gasteiger partial charge in [-0.1, -0.05) is 20.8 Å². The van der Waals surface area contributed by atoms with Crippen molar-refractivity contribution in [1.82, 2.24) is 0 Å². The summed E-state index contributed by atoms with van der Waals surface area (Å²) in [5.74, 6) is -1.54. The third-order valence-corrected chi connectivity index (χ3v) is 8.74. The van der Waals surface area contributed by atoms with Crippen LogP contribution in [0.1, 0.15) is 20.8 Å². The zero-order valence-electron chi connectivity index (χ0n) is 12.5. The van der Waals surface area contributed by atoms with Crippen molar-refractivity contribution >= 4 is 24.2 Å². The van der Waals surface area contributed by atoms with Crippen molar-refractivity contribution in [2.24, 2.45) is 0 Å². The third kappa shape index (κ3) is 4.53. The normalized spacial score (nSPS) is 12.6. The summed E-state index contributed by atoms with van der Waals surface area (Å²) < 4.78 is 37.8. The van der Waals surface area contributed by atoms with Crippen LogP contribution >= 0.6 is 15.9 Å². The van der Waals surface area contributed by atoms with E-state index < -0.39 is 20.0 Å². The largest absolute Gasteiger partial charge is 0.490 e. The molecule has 114 valence electrons. The molecule has 1 rings (SSSR count). The Balaban J connectivity index is 2.52. The number of hydrogen-bond acceptors (Lipinski definition) is 2. The highest BCUT2D eigenvalue weighted by Gasteiger charge is 2.36. The van der Waals surface area contributed by atoms with E-state index in [0.29, 0.717) is 17.7 Å². The summed E-state index contributed by atoms with van der Waals surface area (Å²) in [6.07, 6.45) is 0. The first-order valence-corrected chi connectivity index (χ1v) is 10.2. The summed E-state index contributed by atoms with van der Waals surface area (Å²) in [5, 5.41) is 0.134. The Morgan fingerprint density at radius 1 is 1.10 bits per heavy atom. The summed E-state index contributed by atoms with van der Waals surface area (Å²) >= 11 is 3.14. The molecule has 0 aliphatic rings. The number of rotatable bonds is 5. The van der Waals surface area contributed by atoms with Crippen molar-refractivity contribution < 1.29 is 17.9 Å². The van der Waals surface area contributed by atoms with E-state index in [-0.39, 0.29) is 10.8 Å². The maximum absolute atomic E-state index is 13.1. The molecule has 0 radical (unpaired) electrons. The molecule has 0 atom stereocenters. The maximum atomic E-state index is 13.1. The fourth-order valence-electron chi connectivity index (χ4n) is 1.28. The van der Waals surface area contributed by atoms with E-state index in [9.17, 15) is 8.78 Å². The van der Waals surface area contributed by atoms with Crippen molar-refractivity contribution in [3.63, 3.8) is 0 Å². The first-order valence-electron chi connectivity index (χ1n) is 6.46. The minimum atomic E-state index is -1.80. The molecule has 0 N–H and O–H groups in total. The Hall–Kier alpha value is -0.463. The summed E-state index contributed by atoms with van der Waals surface area (Å²) in [6.45, 7) is 11.5. The molecule has 6 heteroatoms. The Morgan fingerprint density at radius 2 is 1.65 bits per heavy atom. The second-order valence-electron chi connectivity index (χ2n) is 6.15. The SMILES string of the molecule is CC(C)(C)[Si](C)(C)OCCOc1cc(F)c(F)cc1Br. The van der Waals surface area contributed by atoms with Gasteiger partial charge < -0.3 is 9.16 Å². The number of hydrogen-bond donors (Lipinski definition) is 0. The van der Waals surface area contributed by atoms with E-state index in [1.165, 1.54) is 0 Å². The van der Waals surface area contributed by atoms with Crippen molar-refractivity contribution in [2.45, 2.75) is 38.9 Å². The number of ether oxygens (including phenoxy) is 1. The van der Waals surface area contributed by atoms with Gasteiger partial charge in [0.1, 0.15) is 12.4 Å². The van der Waals surface area contributed by atoms with Crippen LogP contribution in [0.15, 0.2) is 16.6 Å². The lowest BCUT2D eigenvalue weighted by Crippen LogP contribution is -2.41. The molecule has 0 saturated carbocycles. The van der Waals surface area contributed by atoms with Gasteiger partial charge in [-0.2, -0.15) is 0 Å². The van der Waals surface area contributed by atoms with Crippen LogP contribution in [0.2, 0.25) is 18.1 Å². The van der Waals surface area contributed by atoms with Crippen LogP contribution in [-0.2, 0) is 4.43 Å². The lowest BCUT2D eigenvalue weighted by Gasteiger charge is -2.36. The molecule has 0 fully saturated rings. The Kier molecular flexibility index (Phi) is 5.75. The lowest BCUT2D eigenvalue weighted by molar-refractivity contribution is 0.202. The molecule has 0 aliphatic heterocycles. The molecule has 1 aromatic rings. The van der Waals surface area contributed by atoms with Gasteiger partial charge in [-0.3, -0.25) is 0 Å². The van der Waals surface area contributed by atoms with Crippen molar-refractivity contribution in [2.75, 3.05) is 13.2 Å². The van der Waals surface area contributed by atoms with Crippen molar-refractivity contribution in [3.8, 4) is 5.75 Å². The highest BCUT2D eigenvalue weighted by Crippen LogP contribution is 2.36. The van der Waals surface area contributed by atoms with E-state index in [4.69, 9.17) is 9.16 Å². The maximum Gasteiger partial charge on any atom is 0.192 e. The minimum Gasteiger partial charge on any atom is -0.490 e. The van der Waals surface area contributed by atoms with Gasteiger partial charge in [0.25, 0.3) is 0 Å². The summed E-state index contributed by atoms with van der Waals surface area (Å²) in [4.78, 5) is 0. The van der Waals surface area contributed by atoms with Crippen molar-refractivity contribution in [3.05, 3.63) is 28.2 Å². The molecular formula is C14H21BrF2O2Si. The predicted molar refractivity (Wildman–Crippen MR) is 82.7 cm³/mol. The van der Waals surface area contributed by atoms with Gasteiger partial charge in [0.15, 0.2) is 20.0 Å². The van der Waals surface area contributed by atoms with Gasteiger partial charge in [0, 0.05) is 6.07 Å². The van der Waals surface area contributed by atoms with E-state index >= 15 is 0 Å². The average molecular weight is 367 g/mol. The van der Waals surface area contributed by atoms with E-state index in [1.54, 1.807) is 0 Å². The molecule has 0 heterocycles. The van der Waals surface area contributed by atoms with E-state index in [0.717, 1.165) is 12.1 Å². The summed E-state index contributed by atoms with van der Waals surface area (Å²) in [7, 11) is -1.80. The van der Waals surface area contributed by atoms with Crippen LogP contribution in [0.5, 0.6) is 5.75 Å². The van der Waals surface area contributed by atoms with Gasteiger partial charge in [-0.05, 0) is 40.1 Å². The van der Waals surface area contributed by atoms with Crippen LogP contribution in [0.3, 0.4) is 0 Å². The number of benzene rings is 1. The second-order valence-corrected chi connectivity index (χ2v) is 11.8. The van der Waals surface area contributed by atoms with E-state index in [2.05, 4.69) is 49.8 Å². The summed E-state index contributed by atoms with van der Waals surface area (Å²) in [6, 6.07) is 2.09. The van der Waals surface area contributed by atoms with Gasteiger partial charge in [-0.25, -0.2) is 8.78 Å². The topological polar surface area (TPSA) is 18.5 Å². The Labute approximate surface area is 128 Å². The highest BCUT2D eigenvalue weighted by molar-refractivity contribution is 9.10. The number of halogens is 3. The smallest absolute Gasteiger partial charge is 0.192 e. The molecule has 0 aromatic heterocycles. The summed E-state index contributed by atoms with van der Waals surface area (Å²) in [5.41, 5.74) is 0. The third-order valence-electron chi connectivity index (χ3n) is 3.58. The van der Waals surface area contributed by atoms with Crippen LogP contribution in [0.4, 0.5) is 8.78 Å². The molecule has 0 aliphatic carbocycles. The minimum absolute atomic E-state index is 0.134. The monoisotopic (exact) mass is 366 g/mol. The fourth-order valence-corrected chi connectivity index (χ4v) is 2.74. The van der Waals surface area contributed by atoms with E-state index in [1.807, 2.05) is 0 Å². The van der Waals surface area contributed by atoms with Crippen LogP contribution in [-0.4, -0.2) is 21.5 Å². The molecule has 20 heavy (non-hydrogen) atoms. The van der Waals surface area contributed by atoms with Gasteiger partial charge in [0.05, 0.1) is 11.1 Å². The average Bonchev–Trinajstić information content (AvgIpc) is 2.29. The van der Waals surface area contributed by atoms with Gasteiger partial charge in [0.2, 0.25) is 0 Å². The predicted octanol–water partition coefficient (Wildman–Crippen LogP) is 5.13. The first kappa shape index (κ1) is 17.6. The molecule has 0 amide bonds.